The van der Waals surface area contributed by atoms with Crippen LogP contribution in [0.2, 0.25) is 0 Å². The third-order valence-corrected chi connectivity index (χ3v) is 2.24. The molecule has 0 bridgehead atoms. The molecule has 0 aliphatic rings. The minimum absolute atomic E-state index is 0.202. The van der Waals surface area contributed by atoms with Crippen LogP contribution < -0.4 is 0 Å². The Morgan fingerprint density at radius 1 is 1.24 bits per heavy atom. The summed E-state index contributed by atoms with van der Waals surface area (Å²) in [4.78, 5) is 11.6. The maximum absolute atomic E-state index is 11.6. The molecule has 0 aliphatic carbocycles. The number of benzene rings is 1. The molecule has 1 aromatic rings. The smallest absolute Gasteiger partial charge is 0.195 e. The lowest BCUT2D eigenvalue weighted by Gasteiger charge is -2.07. The Bertz CT molecular complexity index is 377. The van der Waals surface area contributed by atoms with Gasteiger partial charge in [0.15, 0.2) is 5.78 Å². The lowest BCUT2D eigenvalue weighted by Crippen LogP contribution is -2.10. The number of carbonyl (C=O) groups excluding carboxylic acids is 1. The molecule has 0 amide bonds. The van der Waals surface area contributed by atoms with Gasteiger partial charge in [0.25, 0.3) is 0 Å². The van der Waals surface area contributed by atoms with Gasteiger partial charge < -0.3 is 20.1 Å². The summed E-state index contributed by atoms with van der Waals surface area (Å²) in [6.07, 6.45) is 1.81. The van der Waals surface area contributed by atoms with E-state index in [0.29, 0.717) is 6.61 Å². The number of phenols is 3. The molecule has 0 heterocycles. The number of unbranched alkanes of at least 4 members (excludes halogenated alkanes) is 1. The number of ketones is 1. The van der Waals surface area contributed by atoms with Gasteiger partial charge in [-0.15, -0.1) is 0 Å². The maximum atomic E-state index is 11.6. The molecule has 5 heteroatoms. The minimum atomic E-state index is -0.517. The summed E-state index contributed by atoms with van der Waals surface area (Å²) >= 11 is 0. The minimum Gasteiger partial charge on any atom is -0.508 e. The number of aromatic hydroxyl groups is 3. The maximum Gasteiger partial charge on any atom is 0.195 e. The molecule has 0 aliphatic heterocycles. The van der Waals surface area contributed by atoms with Crippen molar-refractivity contribution in [1.82, 2.24) is 0 Å². The van der Waals surface area contributed by atoms with Gasteiger partial charge in [0.2, 0.25) is 0 Å². The molecule has 0 radical (unpaired) electrons. The highest BCUT2D eigenvalue weighted by Crippen LogP contribution is 2.32. The molecular weight excluding hydrogens is 224 g/mol. The van der Waals surface area contributed by atoms with Crippen molar-refractivity contribution in [2.24, 2.45) is 0 Å². The van der Waals surface area contributed by atoms with Crippen molar-refractivity contribution in [2.75, 3.05) is 13.2 Å². The molecule has 0 unspecified atom stereocenters. The Balaban J connectivity index is 2.69. The van der Waals surface area contributed by atoms with E-state index in [2.05, 4.69) is 0 Å². The monoisotopic (exact) mass is 240 g/mol. The Labute approximate surface area is 99.3 Å². The zero-order chi connectivity index (χ0) is 12.8. The van der Waals surface area contributed by atoms with Gasteiger partial charge in [-0.05, 0) is 6.42 Å². The largest absolute Gasteiger partial charge is 0.508 e. The first-order chi connectivity index (χ1) is 8.06. The number of phenolic OH excluding ortho intramolecular Hbond substituents is 3. The number of rotatable bonds is 6. The normalized spacial score (nSPS) is 10.4. The molecule has 3 N–H and O–H groups in total. The van der Waals surface area contributed by atoms with Crippen molar-refractivity contribution in [1.29, 1.82) is 0 Å². The zero-order valence-corrected chi connectivity index (χ0v) is 9.64. The first-order valence-corrected chi connectivity index (χ1v) is 5.42. The van der Waals surface area contributed by atoms with Crippen molar-refractivity contribution in [3.05, 3.63) is 17.7 Å². The van der Waals surface area contributed by atoms with E-state index in [1.165, 1.54) is 0 Å². The second-order valence-electron chi connectivity index (χ2n) is 3.69. The van der Waals surface area contributed by atoms with Crippen molar-refractivity contribution >= 4 is 5.78 Å². The Kier molecular flexibility index (Phi) is 4.78. The standard InChI is InChI=1S/C12H16O5/c1-2-3-4-17-7-11(16)12-9(14)5-8(13)6-10(12)15/h5-6,13-15H,2-4,7H2,1H3. The van der Waals surface area contributed by atoms with Crippen LogP contribution in [0, 0.1) is 0 Å². The lowest BCUT2D eigenvalue weighted by molar-refractivity contribution is 0.0749. The van der Waals surface area contributed by atoms with Crippen LogP contribution in [-0.4, -0.2) is 34.3 Å². The molecule has 1 aromatic carbocycles. The van der Waals surface area contributed by atoms with Crippen LogP contribution in [-0.2, 0) is 4.74 Å². The average molecular weight is 240 g/mol. The Morgan fingerprint density at radius 2 is 1.82 bits per heavy atom. The fourth-order valence-corrected chi connectivity index (χ4v) is 1.37. The lowest BCUT2D eigenvalue weighted by atomic mass is 10.1. The molecule has 0 atom stereocenters. The van der Waals surface area contributed by atoms with Gasteiger partial charge in [0.1, 0.15) is 29.4 Å². The molecule has 94 valence electrons. The van der Waals surface area contributed by atoms with Gasteiger partial charge in [-0.2, -0.15) is 0 Å². The van der Waals surface area contributed by atoms with E-state index in [-0.39, 0.29) is 17.9 Å². The van der Waals surface area contributed by atoms with Crippen LogP contribution in [0.3, 0.4) is 0 Å². The van der Waals surface area contributed by atoms with Gasteiger partial charge in [0, 0.05) is 18.7 Å². The number of carbonyl (C=O) groups is 1. The van der Waals surface area contributed by atoms with Crippen molar-refractivity contribution in [2.45, 2.75) is 19.8 Å². The van der Waals surface area contributed by atoms with E-state index in [0.717, 1.165) is 25.0 Å². The van der Waals surface area contributed by atoms with Crippen molar-refractivity contribution in [3.8, 4) is 17.2 Å². The summed E-state index contributed by atoms with van der Waals surface area (Å²) in [5.74, 6) is -1.72. The highest BCUT2D eigenvalue weighted by atomic mass is 16.5. The molecular formula is C12H16O5. The third kappa shape index (κ3) is 3.64. The number of Topliss-reactive ketones (excluding diaryl/α,β-unsaturated/α-hetero) is 1. The predicted molar refractivity (Wildman–Crippen MR) is 61.5 cm³/mol. The van der Waals surface area contributed by atoms with Crippen LogP contribution in [0.1, 0.15) is 30.1 Å². The van der Waals surface area contributed by atoms with Gasteiger partial charge in [0.05, 0.1) is 0 Å². The van der Waals surface area contributed by atoms with Crippen molar-refractivity contribution < 1.29 is 24.9 Å². The summed E-state index contributed by atoms with van der Waals surface area (Å²) in [7, 11) is 0. The molecule has 0 saturated heterocycles. The Hall–Kier alpha value is -1.75. The molecule has 5 nitrogen and oxygen atoms in total. The van der Waals surface area contributed by atoms with E-state index < -0.39 is 17.3 Å². The molecule has 17 heavy (non-hydrogen) atoms. The highest BCUT2D eigenvalue weighted by Gasteiger charge is 2.17. The number of ether oxygens (including phenoxy) is 1. The molecule has 1 rings (SSSR count). The average Bonchev–Trinajstić information content (AvgIpc) is 2.23. The highest BCUT2D eigenvalue weighted by molar-refractivity contribution is 6.02. The van der Waals surface area contributed by atoms with Crippen LogP contribution in [0.15, 0.2) is 12.1 Å². The Morgan fingerprint density at radius 3 is 2.35 bits per heavy atom. The fourth-order valence-electron chi connectivity index (χ4n) is 1.37. The van der Waals surface area contributed by atoms with Gasteiger partial charge in [-0.3, -0.25) is 4.79 Å². The van der Waals surface area contributed by atoms with Crippen LogP contribution >= 0.6 is 0 Å². The summed E-state index contributed by atoms with van der Waals surface area (Å²) in [5.41, 5.74) is -0.223. The summed E-state index contributed by atoms with van der Waals surface area (Å²) in [6.45, 7) is 2.26. The molecule has 0 fully saturated rings. The van der Waals surface area contributed by atoms with Crippen molar-refractivity contribution in [3.63, 3.8) is 0 Å². The number of hydrogen-bond acceptors (Lipinski definition) is 5. The van der Waals surface area contributed by atoms with Crippen LogP contribution in [0.5, 0.6) is 17.2 Å². The first-order valence-electron chi connectivity index (χ1n) is 5.42. The molecule has 0 spiro atoms. The van der Waals surface area contributed by atoms with E-state index in [1.54, 1.807) is 0 Å². The van der Waals surface area contributed by atoms with Gasteiger partial charge in [-0.1, -0.05) is 13.3 Å². The number of hydrogen-bond donors (Lipinski definition) is 3. The SMILES string of the molecule is CCCCOCC(=O)c1c(O)cc(O)cc1O. The predicted octanol–water partition coefficient (Wildman–Crippen LogP) is 1.80. The van der Waals surface area contributed by atoms with Gasteiger partial charge in [-0.25, -0.2) is 0 Å². The van der Waals surface area contributed by atoms with E-state index in [4.69, 9.17) is 9.84 Å². The topological polar surface area (TPSA) is 87.0 Å². The first kappa shape index (κ1) is 13.3. The summed E-state index contributed by atoms with van der Waals surface area (Å²) in [5, 5.41) is 28.0. The van der Waals surface area contributed by atoms with E-state index >= 15 is 0 Å². The second-order valence-corrected chi connectivity index (χ2v) is 3.69. The second kappa shape index (κ2) is 6.10. The molecule has 0 aromatic heterocycles. The summed E-state index contributed by atoms with van der Waals surface area (Å²) < 4.78 is 5.10. The third-order valence-electron chi connectivity index (χ3n) is 2.24. The van der Waals surface area contributed by atoms with Crippen LogP contribution in [0.4, 0.5) is 0 Å². The van der Waals surface area contributed by atoms with Crippen LogP contribution in [0.25, 0.3) is 0 Å². The van der Waals surface area contributed by atoms with Gasteiger partial charge >= 0.3 is 0 Å². The molecule has 0 saturated carbocycles. The zero-order valence-electron chi connectivity index (χ0n) is 9.64. The van der Waals surface area contributed by atoms with E-state index in [1.807, 2.05) is 6.92 Å². The fraction of sp³-hybridized carbons (Fsp3) is 0.417. The van der Waals surface area contributed by atoms with E-state index in [9.17, 15) is 15.0 Å². The summed E-state index contributed by atoms with van der Waals surface area (Å²) in [6, 6.07) is 2.00. The quantitative estimate of drug-likeness (QED) is 0.521.